The number of aryl methyl sites for hydroxylation is 1. The Morgan fingerprint density at radius 1 is 1.16 bits per heavy atom. The molecule has 0 fully saturated rings. The van der Waals surface area contributed by atoms with Crippen LogP contribution in [0.4, 0.5) is 0 Å². The molecule has 0 aliphatic heterocycles. The summed E-state index contributed by atoms with van der Waals surface area (Å²) in [6.45, 7) is 7.26. The van der Waals surface area contributed by atoms with Crippen LogP contribution in [0.3, 0.4) is 0 Å². The maximum Gasteiger partial charge on any atom is 0.157 e. The van der Waals surface area contributed by atoms with Crippen LogP contribution in [0.25, 0.3) is 0 Å². The van der Waals surface area contributed by atoms with Gasteiger partial charge in [-0.2, -0.15) is 0 Å². The first-order valence-corrected chi connectivity index (χ1v) is 8.39. The van der Waals surface area contributed by atoms with Crippen LogP contribution in [-0.4, -0.2) is 18.9 Å². The van der Waals surface area contributed by atoms with Gasteiger partial charge in [-0.15, -0.1) is 0 Å². The molecule has 0 saturated heterocycles. The van der Waals surface area contributed by atoms with Gasteiger partial charge in [-0.3, -0.25) is 0 Å². The summed E-state index contributed by atoms with van der Waals surface area (Å²) in [5.74, 6) is -0.0103. The highest BCUT2D eigenvalue weighted by Crippen LogP contribution is 2.22. The molecule has 0 aliphatic carbocycles. The van der Waals surface area contributed by atoms with E-state index in [-0.39, 0.29) is 5.75 Å². The zero-order valence-electron chi connectivity index (χ0n) is 12.3. The van der Waals surface area contributed by atoms with E-state index in [1.54, 1.807) is 20.8 Å². The molecule has 3 nitrogen and oxygen atoms in total. The highest BCUT2D eigenvalue weighted by Gasteiger charge is 2.30. The normalized spacial score (nSPS) is 14.4. The van der Waals surface area contributed by atoms with E-state index in [1.165, 1.54) is 5.56 Å². The lowest BCUT2D eigenvalue weighted by Crippen LogP contribution is -2.34. The van der Waals surface area contributed by atoms with Crippen molar-refractivity contribution in [3.63, 3.8) is 0 Å². The second-order valence-electron chi connectivity index (χ2n) is 5.99. The Morgan fingerprint density at radius 2 is 1.68 bits per heavy atom. The summed E-state index contributed by atoms with van der Waals surface area (Å²) in [7, 11) is -3.19. The fourth-order valence-electron chi connectivity index (χ4n) is 1.80. The third-order valence-corrected chi connectivity index (χ3v) is 5.94. The first-order chi connectivity index (χ1) is 8.67. The SMILES string of the molecule is CCCc1ccc(C(N)CS(=O)(=O)C(C)(C)C)cc1. The van der Waals surface area contributed by atoms with Gasteiger partial charge in [0.15, 0.2) is 9.84 Å². The standard InChI is InChI=1S/C15H25NO2S/c1-5-6-12-7-9-13(10-8-12)14(16)11-19(17,18)15(2,3)4/h7-10,14H,5-6,11,16H2,1-4H3. The third kappa shape index (κ3) is 4.32. The first kappa shape index (κ1) is 16.2. The van der Waals surface area contributed by atoms with E-state index in [1.807, 2.05) is 24.3 Å². The predicted molar refractivity (Wildman–Crippen MR) is 80.9 cm³/mol. The Kier molecular flexibility index (Phi) is 5.16. The Hall–Kier alpha value is -0.870. The van der Waals surface area contributed by atoms with Crippen molar-refractivity contribution >= 4 is 9.84 Å². The number of benzene rings is 1. The molecule has 1 rings (SSSR count). The van der Waals surface area contributed by atoms with Crippen molar-refractivity contribution in [1.29, 1.82) is 0 Å². The molecule has 4 heteroatoms. The molecule has 0 aliphatic rings. The van der Waals surface area contributed by atoms with E-state index >= 15 is 0 Å². The quantitative estimate of drug-likeness (QED) is 0.904. The molecule has 108 valence electrons. The second kappa shape index (κ2) is 6.06. The minimum absolute atomic E-state index is 0.0103. The minimum Gasteiger partial charge on any atom is -0.323 e. The smallest absolute Gasteiger partial charge is 0.157 e. The molecule has 0 radical (unpaired) electrons. The maximum absolute atomic E-state index is 12.1. The van der Waals surface area contributed by atoms with Crippen molar-refractivity contribution in [1.82, 2.24) is 0 Å². The molecule has 1 unspecified atom stereocenters. The van der Waals surface area contributed by atoms with Crippen LogP contribution in [-0.2, 0) is 16.3 Å². The van der Waals surface area contributed by atoms with E-state index in [0.717, 1.165) is 18.4 Å². The van der Waals surface area contributed by atoms with Crippen molar-refractivity contribution in [2.24, 2.45) is 5.73 Å². The van der Waals surface area contributed by atoms with Gasteiger partial charge in [0.2, 0.25) is 0 Å². The van der Waals surface area contributed by atoms with Crippen molar-refractivity contribution in [3.8, 4) is 0 Å². The molecule has 0 saturated carbocycles. The molecule has 0 amide bonds. The van der Waals surface area contributed by atoms with Crippen molar-refractivity contribution in [2.75, 3.05) is 5.75 Å². The lowest BCUT2D eigenvalue weighted by Gasteiger charge is -2.22. The molecule has 0 spiro atoms. The zero-order valence-corrected chi connectivity index (χ0v) is 13.1. The Labute approximate surface area is 117 Å². The van der Waals surface area contributed by atoms with Crippen molar-refractivity contribution in [3.05, 3.63) is 35.4 Å². The molecule has 0 bridgehead atoms. The topological polar surface area (TPSA) is 60.2 Å². The molecule has 0 aromatic heterocycles. The predicted octanol–water partition coefficient (Wildman–Crippen LogP) is 2.85. The van der Waals surface area contributed by atoms with Crippen LogP contribution in [0.1, 0.15) is 51.3 Å². The molecule has 2 N–H and O–H groups in total. The van der Waals surface area contributed by atoms with Crippen molar-refractivity contribution in [2.45, 2.75) is 51.3 Å². The van der Waals surface area contributed by atoms with Gasteiger partial charge in [-0.1, -0.05) is 37.6 Å². The van der Waals surface area contributed by atoms with E-state index in [9.17, 15) is 8.42 Å². The molecule has 1 aromatic rings. The number of hydrogen-bond donors (Lipinski definition) is 1. The van der Waals surface area contributed by atoms with Crippen LogP contribution < -0.4 is 5.73 Å². The van der Waals surface area contributed by atoms with E-state index in [4.69, 9.17) is 5.73 Å². The van der Waals surface area contributed by atoms with Gasteiger partial charge in [-0.05, 0) is 38.3 Å². The largest absolute Gasteiger partial charge is 0.323 e. The highest BCUT2D eigenvalue weighted by atomic mass is 32.2. The first-order valence-electron chi connectivity index (χ1n) is 6.74. The number of sulfone groups is 1. The summed E-state index contributed by atoms with van der Waals surface area (Å²) in [6, 6.07) is 7.48. The van der Waals surface area contributed by atoms with E-state index < -0.39 is 20.6 Å². The lowest BCUT2D eigenvalue weighted by atomic mass is 10.0. The average molecular weight is 283 g/mol. The summed E-state index contributed by atoms with van der Waals surface area (Å²) in [4.78, 5) is 0. The molecule has 1 atom stereocenters. The molecule has 1 aromatic carbocycles. The highest BCUT2D eigenvalue weighted by molar-refractivity contribution is 7.92. The van der Waals surface area contributed by atoms with Crippen LogP contribution in [0.5, 0.6) is 0 Å². The Morgan fingerprint density at radius 3 is 2.11 bits per heavy atom. The fourth-order valence-corrected chi connectivity index (χ4v) is 2.97. The fraction of sp³-hybridized carbons (Fsp3) is 0.600. The van der Waals surface area contributed by atoms with E-state index in [0.29, 0.717) is 0 Å². The minimum atomic E-state index is -3.19. The van der Waals surface area contributed by atoms with Gasteiger partial charge < -0.3 is 5.73 Å². The van der Waals surface area contributed by atoms with Gasteiger partial charge in [0.05, 0.1) is 10.5 Å². The summed E-state index contributed by atoms with van der Waals surface area (Å²) in [6.07, 6.45) is 2.14. The van der Waals surface area contributed by atoms with Gasteiger partial charge in [0, 0.05) is 6.04 Å². The number of rotatable bonds is 5. The second-order valence-corrected chi connectivity index (χ2v) is 8.78. The number of nitrogens with two attached hydrogens (primary N) is 1. The Bertz CT molecular complexity index is 498. The van der Waals surface area contributed by atoms with Crippen LogP contribution in [0.2, 0.25) is 0 Å². The molecular formula is C15H25NO2S. The van der Waals surface area contributed by atoms with Gasteiger partial charge in [0.1, 0.15) is 0 Å². The van der Waals surface area contributed by atoms with Crippen LogP contribution in [0.15, 0.2) is 24.3 Å². The average Bonchev–Trinajstić information content (AvgIpc) is 2.28. The molecule has 19 heavy (non-hydrogen) atoms. The van der Waals surface area contributed by atoms with Gasteiger partial charge in [0.25, 0.3) is 0 Å². The number of hydrogen-bond acceptors (Lipinski definition) is 3. The van der Waals surface area contributed by atoms with Crippen LogP contribution in [0, 0.1) is 0 Å². The maximum atomic E-state index is 12.1. The van der Waals surface area contributed by atoms with E-state index in [2.05, 4.69) is 6.92 Å². The monoisotopic (exact) mass is 283 g/mol. The van der Waals surface area contributed by atoms with Crippen LogP contribution >= 0.6 is 0 Å². The lowest BCUT2D eigenvalue weighted by molar-refractivity contribution is 0.553. The summed E-state index contributed by atoms with van der Waals surface area (Å²) in [5.41, 5.74) is 8.17. The van der Waals surface area contributed by atoms with Gasteiger partial charge >= 0.3 is 0 Å². The molecular weight excluding hydrogens is 258 g/mol. The summed E-state index contributed by atoms with van der Waals surface area (Å²) >= 11 is 0. The molecule has 0 heterocycles. The summed E-state index contributed by atoms with van der Waals surface area (Å²) in [5, 5.41) is 0. The zero-order chi connectivity index (χ0) is 14.7. The van der Waals surface area contributed by atoms with Gasteiger partial charge in [-0.25, -0.2) is 8.42 Å². The van der Waals surface area contributed by atoms with Crippen molar-refractivity contribution < 1.29 is 8.42 Å². The third-order valence-electron chi connectivity index (χ3n) is 3.28. The summed E-state index contributed by atoms with van der Waals surface area (Å²) < 4.78 is 23.5. The Balaban J connectivity index is 2.81.